The minimum absolute atomic E-state index is 0.264. The third-order valence-electron chi connectivity index (χ3n) is 4.44. The average molecular weight is 417 g/mol. The molecular weight excluding hydrogens is 396 g/mol. The fourth-order valence-electron chi connectivity index (χ4n) is 2.85. The summed E-state index contributed by atoms with van der Waals surface area (Å²) in [4.78, 5) is 36.2. The second-order valence-corrected chi connectivity index (χ2v) is 7.01. The van der Waals surface area contributed by atoms with Gasteiger partial charge in [-0.15, -0.1) is 0 Å². The smallest absolute Gasteiger partial charge is 0.331 e. The number of benzene rings is 1. The quantitative estimate of drug-likeness (QED) is 0.576. The van der Waals surface area contributed by atoms with Gasteiger partial charge >= 0.3 is 12.0 Å². The number of hydrogen-bond donors (Lipinski definition) is 1. The first-order valence-corrected chi connectivity index (χ1v) is 9.44. The standard InChI is InChI=1S/C20H21ClN4O4/c1-13-3-5-15(6-4-13)11-25-19(21)16(14(2)23-25)7-8-18(27)29-12-17(26)24-10-9-22-20(24)28/h3-8H,9-12H2,1-2H3,(H,22,28)/b8-7+. The van der Waals surface area contributed by atoms with Gasteiger partial charge < -0.3 is 10.1 Å². The van der Waals surface area contributed by atoms with Crippen molar-refractivity contribution >= 4 is 35.6 Å². The average Bonchev–Trinajstić information content (AvgIpc) is 3.23. The van der Waals surface area contributed by atoms with Gasteiger partial charge in [0.2, 0.25) is 0 Å². The van der Waals surface area contributed by atoms with E-state index in [4.69, 9.17) is 16.3 Å². The van der Waals surface area contributed by atoms with E-state index >= 15 is 0 Å². The van der Waals surface area contributed by atoms with Gasteiger partial charge in [0.15, 0.2) is 6.61 Å². The van der Waals surface area contributed by atoms with Gasteiger partial charge in [-0.05, 0) is 25.5 Å². The molecule has 0 unspecified atom stereocenters. The van der Waals surface area contributed by atoms with Crippen molar-refractivity contribution in [1.82, 2.24) is 20.0 Å². The Labute approximate surface area is 173 Å². The largest absolute Gasteiger partial charge is 0.452 e. The van der Waals surface area contributed by atoms with Crippen LogP contribution in [-0.4, -0.2) is 52.3 Å². The number of rotatable bonds is 6. The third-order valence-corrected chi connectivity index (χ3v) is 4.84. The molecular formula is C20H21ClN4O4. The predicted molar refractivity (Wildman–Crippen MR) is 107 cm³/mol. The first-order chi connectivity index (χ1) is 13.8. The highest BCUT2D eigenvalue weighted by Gasteiger charge is 2.26. The Bertz CT molecular complexity index is 966. The van der Waals surface area contributed by atoms with E-state index in [1.165, 1.54) is 17.7 Å². The molecule has 2 aromatic rings. The van der Waals surface area contributed by atoms with Crippen LogP contribution >= 0.6 is 11.6 Å². The SMILES string of the molecule is Cc1ccc(Cn2nc(C)c(/C=C/C(=O)OCC(=O)N3CCNC3=O)c2Cl)cc1. The van der Waals surface area contributed by atoms with Crippen LogP contribution in [0.4, 0.5) is 4.79 Å². The first kappa shape index (κ1) is 20.6. The highest BCUT2D eigenvalue weighted by Crippen LogP contribution is 2.22. The van der Waals surface area contributed by atoms with Gasteiger partial charge in [0, 0.05) is 24.7 Å². The zero-order valence-corrected chi connectivity index (χ0v) is 16.9. The molecule has 1 aliphatic heterocycles. The van der Waals surface area contributed by atoms with Crippen LogP contribution < -0.4 is 5.32 Å². The summed E-state index contributed by atoms with van der Waals surface area (Å²) in [7, 11) is 0. The number of aromatic nitrogens is 2. The Morgan fingerprint density at radius 1 is 1.28 bits per heavy atom. The van der Waals surface area contributed by atoms with Gasteiger partial charge in [-0.1, -0.05) is 41.4 Å². The molecule has 1 aromatic heterocycles. The minimum atomic E-state index is -0.709. The molecule has 1 saturated heterocycles. The molecule has 8 nitrogen and oxygen atoms in total. The fourth-order valence-corrected chi connectivity index (χ4v) is 3.14. The van der Waals surface area contributed by atoms with E-state index in [2.05, 4.69) is 10.4 Å². The number of nitrogens with one attached hydrogen (secondary N) is 1. The van der Waals surface area contributed by atoms with E-state index in [0.717, 1.165) is 10.5 Å². The summed E-state index contributed by atoms with van der Waals surface area (Å²) < 4.78 is 6.57. The summed E-state index contributed by atoms with van der Waals surface area (Å²) in [5, 5.41) is 7.32. The Balaban J connectivity index is 1.60. The van der Waals surface area contributed by atoms with E-state index in [0.29, 0.717) is 29.5 Å². The number of nitrogens with zero attached hydrogens (tertiary/aromatic N) is 3. The molecule has 0 saturated carbocycles. The molecule has 29 heavy (non-hydrogen) atoms. The third kappa shape index (κ3) is 5.03. The molecule has 3 rings (SSSR count). The molecule has 9 heteroatoms. The van der Waals surface area contributed by atoms with E-state index in [1.54, 1.807) is 11.6 Å². The highest BCUT2D eigenvalue weighted by molar-refractivity contribution is 6.31. The molecule has 0 spiro atoms. The lowest BCUT2D eigenvalue weighted by molar-refractivity contribution is -0.146. The van der Waals surface area contributed by atoms with Crippen molar-refractivity contribution in [3.05, 3.63) is 57.9 Å². The van der Waals surface area contributed by atoms with Crippen LogP contribution in [0.5, 0.6) is 0 Å². The van der Waals surface area contributed by atoms with E-state index in [1.807, 2.05) is 31.2 Å². The van der Waals surface area contributed by atoms with E-state index in [9.17, 15) is 14.4 Å². The Hall–Kier alpha value is -3.13. The Morgan fingerprint density at radius 2 is 2.00 bits per heavy atom. The summed E-state index contributed by atoms with van der Waals surface area (Å²) in [5.41, 5.74) is 3.49. The summed E-state index contributed by atoms with van der Waals surface area (Å²) in [5.74, 6) is -1.28. The number of carbonyl (C=O) groups excluding carboxylic acids is 3. The lowest BCUT2D eigenvalue weighted by Gasteiger charge is -2.11. The zero-order valence-electron chi connectivity index (χ0n) is 16.1. The van der Waals surface area contributed by atoms with Crippen molar-refractivity contribution in [2.45, 2.75) is 20.4 Å². The number of carbonyl (C=O) groups is 3. The number of imide groups is 1. The molecule has 1 fully saturated rings. The van der Waals surface area contributed by atoms with Gasteiger partial charge in [0.1, 0.15) is 5.15 Å². The van der Waals surface area contributed by atoms with Crippen molar-refractivity contribution in [3.8, 4) is 0 Å². The van der Waals surface area contributed by atoms with Crippen molar-refractivity contribution in [3.63, 3.8) is 0 Å². The molecule has 0 radical (unpaired) electrons. The monoisotopic (exact) mass is 416 g/mol. The fraction of sp³-hybridized carbons (Fsp3) is 0.300. The number of esters is 1. The Kier molecular flexibility index (Phi) is 6.33. The topological polar surface area (TPSA) is 93.5 Å². The predicted octanol–water partition coefficient (Wildman–Crippen LogP) is 2.31. The lowest BCUT2D eigenvalue weighted by Crippen LogP contribution is -2.37. The molecule has 1 aliphatic rings. The summed E-state index contributed by atoms with van der Waals surface area (Å²) in [6.45, 7) is 4.46. The number of urea groups is 1. The maximum Gasteiger partial charge on any atom is 0.331 e. The van der Waals surface area contributed by atoms with Crippen LogP contribution in [-0.2, 0) is 20.9 Å². The number of ether oxygens (including phenoxy) is 1. The molecule has 1 aromatic carbocycles. The summed E-state index contributed by atoms with van der Waals surface area (Å²) in [6.07, 6.45) is 2.69. The summed E-state index contributed by atoms with van der Waals surface area (Å²) in [6, 6.07) is 7.57. The molecule has 0 aliphatic carbocycles. The molecule has 1 N–H and O–H groups in total. The van der Waals surface area contributed by atoms with E-state index < -0.39 is 24.5 Å². The van der Waals surface area contributed by atoms with Crippen LogP contribution in [0, 0.1) is 13.8 Å². The number of hydrogen-bond acceptors (Lipinski definition) is 5. The van der Waals surface area contributed by atoms with Crippen molar-refractivity contribution in [2.75, 3.05) is 19.7 Å². The van der Waals surface area contributed by atoms with Gasteiger partial charge in [-0.2, -0.15) is 5.10 Å². The maximum atomic E-state index is 11.9. The molecule has 3 amide bonds. The highest BCUT2D eigenvalue weighted by atomic mass is 35.5. The van der Waals surface area contributed by atoms with Crippen LogP contribution in [0.2, 0.25) is 5.15 Å². The van der Waals surface area contributed by atoms with Crippen LogP contribution in [0.15, 0.2) is 30.3 Å². The minimum Gasteiger partial charge on any atom is -0.452 e. The van der Waals surface area contributed by atoms with Crippen molar-refractivity contribution in [1.29, 1.82) is 0 Å². The van der Waals surface area contributed by atoms with Crippen molar-refractivity contribution in [2.24, 2.45) is 0 Å². The normalized spacial score (nSPS) is 13.8. The molecule has 0 atom stereocenters. The molecule has 0 bridgehead atoms. The second-order valence-electron chi connectivity index (χ2n) is 6.65. The van der Waals surface area contributed by atoms with Crippen molar-refractivity contribution < 1.29 is 19.1 Å². The number of amides is 3. The summed E-state index contributed by atoms with van der Waals surface area (Å²) >= 11 is 6.42. The van der Waals surface area contributed by atoms with Crippen LogP contribution in [0.25, 0.3) is 6.08 Å². The van der Waals surface area contributed by atoms with Gasteiger partial charge in [0.25, 0.3) is 5.91 Å². The van der Waals surface area contributed by atoms with Crippen LogP contribution in [0.3, 0.4) is 0 Å². The number of halogens is 1. The Morgan fingerprint density at radius 3 is 2.66 bits per heavy atom. The van der Waals surface area contributed by atoms with Crippen LogP contribution in [0.1, 0.15) is 22.4 Å². The first-order valence-electron chi connectivity index (χ1n) is 9.06. The molecule has 2 heterocycles. The number of aryl methyl sites for hydroxylation is 2. The lowest BCUT2D eigenvalue weighted by atomic mass is 10.1. The van der Waals surface area contributed by atoms with Gasteiger partial charge in [0.05, 0.1) is 12.2 Å². The zero-order chi connectivity index (χ0) is 21.0. The van der Waals surface area contributed by atoms with Gasteiger partial charge in [-0.25, -0.2) is 14.3 Å². The van der Waals surface area contributed by atoms with E-state index in [-0.39, 0.29) is 6.54 Å². The maximum absolute atomic E-state index is 11.9. The van der Waals surface area contributed by atoms with Gasteiger partial charge in [-0.3, -0.25) is 9.69 Å². The second kappa shape index (κ2) is 8.91. The molecule has 152 valence electrons.